The molecule has 0 saturated carbocycles. The fourth-order valence-electron chi connectivity index (χ4n) is 5.36. The van der Waals surface area contributed by atoms with Gasteiger partial charge in [-0.05, 0) is 10.8 Å². The Morgan fingerprint density at radius 3 is 1.50 bits per heavy atom. The Balaban J connectivity index is 0.000000359. The van der Waals surface area contributed by atoms with Crippen molar-refractivity contribution in [2.24, 2.45) is 11.3 Å². The minimum Gasteiger partial charge on any atom is -1.00 e. The SMILES string of the molecule is CC(C)(C)c1ccc2[cH-]c3ccc(C(C)(C)C)cc3c2c1.CCC1=[C-]C(C)C=C1C(C)(C)C.C[C](=[Zr+2])c1ccccc1.[Cl-].[Cl-]. The molecule has 1 aliphatic rings. The Bertz CT molecular complexity index is 1510. The van der Waals surface area contributed by atoms with Crippen molar-refractivity contribution in [2.45, 2.75) is 100 Å². The molecule has 4 aromatic rings. The van der Waals surface area contributed by atoms with Crippen LogP contribution < -0.4 is 24.8 Å². The van der Waals surface area contributed by atoms with E-state index in [1.165, 1.54) is 76.8 Å². The van der Waals surface area contributed by atoms with Gasteiger partial charge in [0.15, 0.2) is 0 Å². The molecule has 0 bridgehead atoms. The number of hydrogen-bond donors (Lipinski definition) is 0. The molecule has 0 aliphatic heterocycles. The first-order chi connectivity index (χ1) is 19.4. The number of halogens is 2. The van der Waals surface area contributed by atoms with Crippen LogP contribution in [0.25, 0.3) is 21.5 Å². The van der Waals surface area contributed by atoms with Crippen LogP contribution in [0.5, 0.6) is 0 Å². The summed E-state index contributed by atoms with van der Waals surface area (Å²) < 4.78 is 1.46. The van der Waals surface area contributed by atoms with E-state index in [9.17, 15) is 0 Å². The van der Waals surface area contributed by atoms with Crippen LogP contribution in [0.2, 0.25) is 0 Å². The number of benzene rings is 3. The van der Waals surface area contributed by atoms with Crippen LogP contribution in [0.15, 0.2) is 90.0 Å². The summed E-state index contributed by atoms with van der Waals surface area (Å²) in [5.41, 5.74) is 7.79. The summed E-state index contributed by atoms with van der Waals surface area (Å²) >= 11 is 1.51. The van der Waals surface area contributed by atoms with Crippen molar-refractivity contribution in [3.8, 4) is 0 Å². The average molecular weight is 707 g/mol. The molecule has 0 heterocycles. The molecule has 0 radical (unpaired) electrons. The molecule has 0 amide bonds. The van der Waals surface area contributed by atoms with Crippen LogP contribution in [0.4, 0.5) is 0 Å². The maximum Gasteiger partial charge on any atom is -1.00 e. The maximum atomic E-state index is 3.48. The molecule has 1 aliphatic carbocycles. The predicted octanol–water partition coefficient (Wildman–Crippen LogP) is 5.84. The van der Waals surface area contributed by atoms with E-state index in [1.54, 1.807) is 0 Å². The third-order valence-electron chi connectivity index (χ3n) is 7.95. The van der Waals surface area contributed by atoms with Crippen LogP contribution in [-0.2, 0) is 35.1 Å². The monoisotopic (exact) mass is 704 g/mol. The third-order valence-corrected chi connectivity index (χ3v) is 8.66. The summed E-state index contributed by atoms with van der Waals surface area (Å²) in [7, 11) is 0. The molecule has 0 saturated heterocycles. The van der Waals surface area contributed by atoms with Gasteiger partial charge in [0.2, 0.25) is 0 Å². The molecule has 0 N–H and O–H groups in total. The second kappa shape index (κ2) is 16.3. The van der Waals surface area contributed by atoms with Crippen molar-refractivity contribution in [2.75, 3.05) is 0 Å². The summed E-state index contributed by atoms with van der Waals surface area (Å²) in [6, 6.07) is 26.6. The topological polar surface area (TPSA) is 0 Å². The van der Waals surface area contributed by atoms with E-state index in [2.05, 4.69) is 162 Å². The first-order valence-electron chi connectivity index (χ1n) is 15.5. The molecule has 44 heavy (non-hydrogen) atoms. The smallest absolute Gasteiger partial charge is 1.00 e. The summed E-state index contributed by atoms with van der Waals surface area (Å²) in [6.07, 6.45) is 6.95. The zero-order chi connectivity index (χ0) is 31.5. The van der Waals surface area contributed by atoms with Crippen molar-refractivity contribution in [1.82, 2.24) is 0 Å². The summed E-state index contributed by atoms with van der Waals surface area (Å²) in [4.78, 5) is 0. The molecule has 4 aromatic carbocycles. The minimum atomic E-state index is 0. The van der Waals surface area contributed by atoms with Gasteiger partial charge in [-0.15, -0.1) is 39.7 Å². The van der Waals surface area contributed by atoms with Gasteiger partial charge in [-0.1, -0.05) is 129 Å². The summed E-state index contributed by atoms with van der Waals surface area (Å²) in [5, 5.41) is 5.49. The first-order valence-corrected chi connectivity index (χ1v) is 16.7. The Labute approximate surface area is 296 Å². The Morgan fingerprint density at radius 2 is 1.18 bits per heavy atom. The molecule has 0 nitrogen and oxygen atoms in total. The molecule has 5 rings (SSSR count). The number of rotatable bonds is 2. The molecular weight excluding hydrogens is 655 g/mol. The normalized spacial score (nSPS) is 14.7. The number of hydrogen-bond acceptors (Lipinski definition) is 0. The van der Waals surface area contributed by atoms with Gasteiger partial charge >= 0.3 is 70.3 Å². The third kappa shape index (κ3) is 10.7. The van der Waals surface area contributed by atoms with Crippen LogP contribution in [0, 0.1) is 17.4 Å². The first kappa shape index (κ1) is 40.4. The van der Waals surface area contributed by atoms with Crippen LogP contribution >= 0.6 is 0 Å². The van der Waals surface area contributed by atoms with Crippen LogP contribution in [0.3, 0.4) is 0 Å². The number of allylic oxidation sites excluding steroid dienone is 4. The van der Waals surface area contributed by atoms with Crippen molar-refractivity contribution in [3.63, 3.8) is 0 Å². The second-order valence-corrected chi connectivity index (χ2v) is 16.7. The van der Waals surface area contributed by atoms with Gasteiger partial charge in [-0.2, -0.15) is 11.6 Å². The van der Waals surface area contributed by atoms with Gasteiger partial charge in [-0.3, -0.25) is 6.08 Å². The average Bonchev–Trinajstić information content (AvgIpc) is 3.48. The van der Waals surface area contributed by atoms with E-state index < -0.39 is 0 Å². The molecule has 3 heteroatoms. The maximum absolute atomic E-state index is 3.48. The van der Waals surface area contributed by atoms with Gasteiger partial charge < -0.3 is 24.8 Å². The second-order valence-electron chi connectivity index (χ2n) is 14.8. The van der Waals surface area contributed by atoms with Crippen molar-refractivity contribution in [1.29, 1.82) is 0 Å². The number of fused-ring (bicyclic) bond motifs is 3. The minimum absolute atomic E-state index is 0. The Morgan fingerprint density at radius 1 is 0.727 bits per heavy atom. The van der Waals surface area contributed by atoms with Crippen LogP contribution in [0.1, 0.15) is 106 Å². The molecule has 1 unspecified atom stereocenters. The van der Waals surface area contributed by atoms with Crippen molar-refractivity contribution < 1.29 is 49.0 Å². The summed E-state index contributed by atoms with van der Waals surface area (Å²) in [6.45, 7) is 27.1. The fraction of sp³-hybridized carbons (Fsp3) is 0.415. The van der Waals surface area contributed by atoms with E-state index in [0.29, 0.717) is 11.3 Å². The van der Waals surface area contributed by atoms with E-state index in [-0.39, 0.29) is 35.6 Å². The zero-order valence-electron chi connectivity index (χ0n) is 29.0. The molecule has 236 valence electrons. The summed E-state index contributed by atoms with van der Waals surface area (Å²) in [5.74, 6) is 0.522. The zero-order valence-corrected chi connectivity index (χ0v) is 33.0. The fourth-order valence-corrected chi connectivity index (χ4v) is 5.77. The van der Waals surface area contributed by atoms with Gasteiger partial charge in [0.25, 0.3) is 0 Å². The van der Waals surface area contributed by atoms with Gasteiger partial charge in [0.05, 0.1) is 0 Å². The van der Waals surface area contributed by atoms with E-state index in [1.807, 2.05) is 6.07 Å². The Kier molecular flexibility index (Phi) is 14.9. The molecule has 0 spiro atoms. The predicted molar refractivity (Wildman–Crippen MR) is 184 cm³/mol. The molecule has 0 aromatic heterocycles. The van der Waals surface area contributed by atoms with Crippen LogP contribution in [-0.4, -0.2) is 3.21 Å². The van der Waals surface area contributed by atoms with E-state index in [4.69, 9.17) is 0 Å². The Hall–Kier alpha value is -1.66. The van der Waals surface area contributed by atoms with E-state index in [0.717, 1.165) is 6.42 Å². The standard InChI is InChI=1S/C21H25.C12H19.C8H8.2ClH.Zr/c1-20(2,3)16-9-7-14-11-15-8-10-17(21(4,5)6)13-19(15)18(14)12-16;1-6-10-7-9(2)8-11(10)12(3,4)5;1-2-8-6-4-3-5-7-8;;;/h7-13H,1-6H3;8-9H,6H2,1-5H3;3-7H,1H3;2*1H;/q2*-1;;;;+2/p-2. The largest absolute Gasteiger partial charge is 1.00 e. The quantitative estimate of drug-likeness (QED) is 0.230. The molecular formula is C41H52Cl2Zr-2. The van der Waals surface area contributed by atoms with Gasteiger partial charge in [0.1, 0.15) is 0 Å². The van der Waals surface area contributed by atoms with E-state index >= 15 is 0 Å². The molecule has 0 fully saturated rings. The van der Waals surface area contributed by atoms with Gasteiger partial charge in [-0.25, -0.2) is 5.57 Å². The van der Waals surface area contributed by atoms with Crippen molar-refractivity contribution in [3.05, 3.63) is 113 Å². The molecule has 1 atom stereocenters. The van der Waals surface area contributed by atoms with Gasteiger partial charge in [0, 0.05) is 0 Å². The van der Waals surface area contributed by atoms with Crippen molar-refractivity contribution >= 4 is 24.8 Å².